The van der Waals surface area contributed by atoms with Gasteiger partial charge in [-0.2, -0.15) is 5.10 Å². The first-order chi connectivity index (χ1) is 13.1. The van der Waals surface area contributed by atoms with Crippen molar-refractivity contribution in [3.8, 4) is 11.5 Å². The minimum absolute atomic E-state index is 0.0883. The van der Waals surface area contributed by atoms with Gasteiger partial charge in [0, 0.05) is 6.04 Å². The lowest BCUT2D eigenvalue weighted by Crippen LogP contribution is -2.44. The van der Waals surface area contributed by atoms with Crippen molar-refractivity contribution in [2.75, 3.05) is 13.2 Å². The van der Waals surface area contributed by atoms with Crippen LogP contribution in [0.1, 0.15) is 57.9 Å². The summed E-state index contributed by atoms with van der Waals surface area (Å²) in [6.45, 7) is 5.06. The van der Waals surface area contributed by atoms with E-state index in [1.807, 2.05) is 19.9 Å². The number of benzene rings is 1. The summed E-state index contributed by atoms with van der Waals surface area (Å²) in [5.74, 6) is -0.106. The summed E-state index contributed by atoms with van der Waals surface area (Å²) >= 11 is 0. The molecule has 27 heavy (non-hydrogen) atoms. The predicted molar refractivity (Wildman–Crippen MR) is 104 cm³/mol. The lowest BCUT2D eigenvalue weighted by molar-refractivity contribution is -0.139. The Morgan fingerprint density at radius 1 is 1.11 bits per heavy atom. The summed E-state index contributed by atoms with van der Waals surface area (Å²) in [5, 5.41) is 6.63. The van der Waals surface area contributed by atoms with Gasteiger partial charge in [-0.05, 0) is 49.9 Å². The van der Waals surface area contributed by atoms with Gasteiger partial charge in [-0.25, -0.2) is 5.43 Å². The summed E-state index contributed by atoms with van der Waals surface area (Å²) in [6.07, 6.45) is 7.59. The second kappa shape index (κ2) is 11.2. The van der Waals surface area contributed by atoms with E-state index in [0.717, 1.165) is 37.7 Å². The van der Waals surface area contributed by atoms with Crippen molar-refractivity contribution in [2.45, 2.75) is 58.4 Å². The molecule has 0 bridgehead atoms. The molecule has 1 aliphatic rings. The van der Waals surface area contributed by atoms with E-state index in [0.29, 0.717) is 24.7 Å². The predicted octanol–water partition coefficient (Wildman–Crippen LogP) is 2.77. The van der Waals surface area contributed by atoms with Crippen LogP contribution in [0, 0.1) is 0 Å². The third kappa shape index (κ3) is 6.92. The van der Waals surface area contributed by atoms with Crippen LogP contribution in [0.15, 0.2) is 23.3 Å². The quantitative estimate of drug-likeness (QED) is 0.415. The Kier molecular flexibility index (Phi) is 8.61. The van der Waals surface area contributed by atoms with E-state index < -0.39 is 11.8 Å². The van der Waals surface area contributed by atoms with Gasteiger partial charge in [0.1, 0.15) is 0 Å². The lowest BCUT2D eigenvalue weighted by atomic mass is 9.95. The minimum atomic E-state index is -0.759. The van der Waals surface area contributed by atoms with E-state index in [2.05, 4.69) is 15.8 Å². The number of nitrogens with zero attached hydrogens (tertiary/aromatic N) is 1. The number of hydrogen-bond donors (Lipinski definition) is 2. The first-order valence-electron chi connectivity index (χ1n) is 9.67. The van der Waals surface area contributed by atoms with Crippen LogP contribution in [-0.4, -0.2) is 37.3 Å². The summed E-state index contributed by atoms with van der Waals surface area (Å²) < 4.78 is 11.2. The Hall–Kier alpha value is -2.57. The topological polar surface area (TPSA) is 89.0 Å². The van der Waals surface area contributed by atoms with Gasteiger partial charge in [0.05, 0.1) is 19.4 Å². The van der Waals surface area contributed by atoms with Crippen molar-refractivity contribution in [2.24, 2.45) is 5.10 Å². The van der Waals surface area contributed by atoms with Crippen molar-refractivity contribution in [3.63, 3.8) is 0 Å². The van der Waals surface area contributed by atoms with Crippen molar-refractivity contribution in [3.05, 3.63) is 23.8 Å². The number of hydrogen-bond acceptors (Lipinski definition) is 5. The zero-order valence-corrected chi connectivity index (χ0v) is 16.1. The zero-order valence-electron chi connectivity index (χ0n) is 16.1. The molecule has 1 aliphatic carbocycles. The number of nitrogens with one attached hydrogen (secondary N) is 2. The Morgan fingerprint density at radius 2 is 1.89 bits per heavy atom. The fourth-order valence-corrected chi connectivity index (χ4v) is 2.92. The van der Waals surface area contributed by atoms with E-state index in [-0.39, 0.29) is 6.04 Å². The number of hydrazone groups is 1. The summed E-state index contributed by atoms with van der Waals surface area (Å²) in [4.78, 5) is 23.8. The van der Waals surface area contributed by atoms with Gasteiger partial charge in [-0.1, -0.05) is 26.2 Å². The molecule has 1 aromatic rings. The highest BCUT2D eigenvalue weighted by Crippen LogP contribution is 2.28. The molecule has 0 atom stereocenters. The summed E-state index contributed by atoms with van der Waals surface area (Å²) in [6, 6.07) is 5.49. The molecular weight excluding hydrogens is 346 g/mol. The molecule has 2 rings (SSSR count). The highest BCUT2D eigenvalue weighted by atomic mass is 16.5. The average molecular weight is 375 g/mol. The van der Waals surface area contributed by atoms with Crippen LogP contribution in [0.25, 0.3) is 0 Å². The molecule has 0 saturated heterocycles. The van der Waals surface area contributed by atoms with Crippen LogP contribution in [0.5, 0.6) is 11.5 Å². The molecule has 1 fully saturated rings. The molecule has 148 valence electrons. The Morgan fingerprint density at radius 3 is 2.59 bits per heavy atom. The largest absolute Gasteiger partial charge is 0.490 e. The van der Waals surface area contributed by atoms with Crippen LogP contribution >= 0.6 is 0 Å². The second-order valence-electron chi connectivity index (χ2n) is 6.50. The highest BCUT2D eigenvalue weighted by molar-refractivity contribution is 6.35. The lowest BCUT2D eigenvalue weighted by Gasteiger charge is -2.22. The molecule has 0 spiro atoms. The van der Waals surface area contributed by atoms with Crippen molar-refractivity contribution in [1.29, 1.82) is 0 Å². The van der Waals surface area contributed by atoms with E-state index in [4.69, 9.17) is 9.47 Å². The van der Waals surface area contributed by atoms with Gasteiger partial charge in [0.15, 0.2) is 11.5 Å². The molecule has 0 aromatic heterocycles. The fraction of sp³-hybridized carbons (Fsp3) is 0.550. The molecule has 1 saturated carbocycles. The highest BCUT2D eigenvalue weighted by Gasteiger charge is 2.19. The van der Waals surface area contributed by atoms with Gasteiger partial charge in [0.2, 0.25) is 0 Å². The molecule has 7 heteroatoms. The standard InChI is InChI=1S/C20H29N3O4/c1-3-12-27-17-11-10-15(13-18(17)26-4-2)14-21-23-20(25)19(24)22-16-8-6-5-7-9-16/h10-11,13-14,16H,3-9,12H2,1-2H3,(H,22,24)(H,23,25)/b21-14-. The van der Waals surface area contributed by atoms with E-state index in [1.54, 1.807) is 12.1 Å². The maximum Gasteiger partial charge on any atom is 0.329 e. The molecule has 2 N–H and O–H groups in total. The van der Waals surface area contributed by atoms with Crippen molar-refractivity contribution >= 4 is 18.0 Å². The smallest absolute Gasteiger partial charge is 0.329 e. The van der Waals surface area contributed by atoms with Crippen molar-refractivity contribution < 1.29 is 19.1 Å². The Bertz CT molecular complexity index is 655. The fourth-order valence-electron chi connectivity index (χ4n) is 2.92. The van der Waals surface area contributed by atoms with Gasteiger partial charge in [-0.3, -0.25) is 9.59 Å². The Balaban J connectivity index is 1.89. The molecule has 0 aliphatic heterocycles. The van der Waals surface area contributed by atoms with Gasteiger partial charge >= 0.3 is 11.8 Å². The SMILES string of the molecule is CCCOc1ccc(/C=N\NC(=O)C(=O)NC2CCCCC2)cc1OCC. The maximum atomic E-state index is 11.9. The van der Waals surface area contributed by atoms with Gasteiger partial charge < -0.3 is 14.8 Å². The monoisotopic (exact) mass is 375 g/mol. The normalized spacial score (nSPS) is 14.7. The number of rotatable bonds is 8. The van der Waals surface area contributed by atoms with Crippen LogP contribution in [0.4, 0.5) is 0 Å². The molecule has 7 nitrogen and oxygen atoms in total. The van der Waals surface area contributed by atoms with Crippen molar-refractivity contribution in [1.82, 2.24) is 10.7 Å². The number of amides is 2. The third-order valence-corrected chi connectivity index (χ3v) is 4.26. The van der Waals surface area contributed by atoms with E-state index in [1.165, 1.54) is 12.6 Å². The first kappa shape index (κ1) is 20.7. The minimum Gasteiger partial charge on any atom is -0.490 e. The zero-order chi connectivity index (χ0) is 19.5. The van der Waals surface area contributed by atoms with Crippen LogP contribution < -0.4 is 20.2 Å². The first-order valence-corrected chi connectivity index (χ1v) is 9.67. The second-order valence-corrected chi connectivity index (χ2v) is 6.50. The number of carbonyl (C=O) groups excluding carboxylic acids is 2. The molecular formula is C20H29N3O4. The van der Waals surface area contributed by atoms with Crippen LogP contribution in [0.2, 0.25) is 0 Å². The molecule has 0 heterocycles. The summed E-state index contributed by atoms with van der Waals surface area (Å²) in [7, 11) is 0. The van der Waals surface area contributed by atoms with Gasteiger partial charge in [-0.15, -0.1) is 0 Å². The molecule has 0 radical (unpaired) electrons. The Labute approximate surface area is 160 Å². The van der Waals surface area contributed by atoms with E-state index in [9.17, 15) is 9.59 Å². The maximum absolute atomic E-state index is 11.9. The van der Waals surface area contributed by atoms with E-state index >= 15 is 0 Å². The number of ether oxygens (including phenoxy) is 2. The van der Waals surface area contributed by atoms with Crippen LogP contribution in [-0.2, 0) is 9.59 Å². The molecule has 0 unspecified atom stereocenters. The summed E-state index contributed by atoms with van der Waals surface area (Å²) in [5.41, 5.74) is 3.00. The third-order valence-electron chi connectivity index (χ3n) is 4.26. The number of carbonyl (C=O) groups is 2. The van der Waals surface area contributed by atoms with Crippen LogP contribution in [0.3, 0.4) is 0 Å². The van der Waals surface area contributed by atoms with Gasteiger partial charge in [0.25, 0.3) is 0 Å². The molecule has 2 amide bonds. The average Bonchev–Trinajstić information content (AvgIpc) is 2.68. The molecule has 1 aromatic carbocycles.